The number of aromatic nitrogens is 2. The summed E-state index contributed by atoms with van der Waals surface area (Å²) in [6.07, 6.45) is 3.97. The molecule has 1 aliphatic rings. The van der Waals surface area contributed by atoms with Gasteiger partial charge in [-0.3, -0.25) is 4.79 Å². The minimum atomic E-state index is 0.0108. The summed E-state index contributed by atoms with van der Waals surface area (Å²) in [7, 11) is 0. The van der Waals surface area contributed by atoms with E-state index in [2.05, 4.69) is 36.5 Å². The highest BCUT2D eigenvalue weighted by Gasteiger charge is 2.22. The molecule has 1 aromatic heterocycles. The second-order valence-electron chi connectivity index (χ2n) is 3.40. The van der Waals surface area contributed by atoms with Gasteiger partial charge in [-0.05, 0) is 28.9 Å². The molecule has 1 saturated heterocycles. The van der Waals surface area contributed by atoms with E-state index in [4.69, 9.17) is 0 Å². The maximum Gasteiger partial charge on any atom is 0.230 e. The highest BCUT2D eigenvalue weighted by atomic mass is 79.9. The number of hydrogen-bond acceptors (Lipinski definition) is 4. The molecule has 0 saturated carbocycles. The molecule has 15 heavy (non-hydrogen) atoms. The summed E-state index contributed by atoms with van der Waals surface area (Å²) in [6, 6.07) is 0. The summed E-state index contributed by atoms with van der Waals surface area (Å²) in [5, 5.41) is 5.88. The normalized spacial score (nSPS) is 20.2. The summed E-state index contributed by atoms with van der Waals surface area (Å²) in [6.45, 7) is 1.65. The van der Waals surface area contributed by atoms with Crippen LogP contribution in [0.4, 0.5) is 5.82 Å². The number of anilines is 1. The molecular weight excluding hydrogens is 260 g/mol. The Hall–Kier alpha value is -1.01. The van der Waals surface area contributed by atoms with Gasteiger partial charge in [-0.15, -0.1) is 0 Å². The molecule has 1 unspecified atom stereocenters. The van der Waals surface area contributed by atoms with Gasteiger partial charge in [0.25, 0.3) is 0 Å². The molecule has 0 aliphatic carbocycles. The molecule has 0 spiro atoms. The zero-order valence-electron chi connectivity index (χ0n) is 8.03. The maximum absolute atomic E-state index is 11.7. The van der Waals surface area contributed by atoms with Crippen LogP contribution < -0.4 is 10.6 Å². The average molecular weight is 271 g/mol. The van der Waals surface area contributed by atoms with Crippen molar-refractivity contribution in [2.45, 2.75) is 6.42 Å². The third kappa shape index (κ3) is 2.73. The van der Waals surface area contributed by atoms with E-state index < -0.39 is 0 Å². The monoisotopic (exact) mass is 270 g/mol. The standard InChI is InChI=1S/C9H11BrN4O/c10-7-4-13-8(5-12-7)14-9(15)6-1-2-11-3-6/h4-6,11H,1-3H2,(H,13,14,15). The van der Waals surface area contributed by atoms with Gasteiger partial charge in [0.2, 0.25) is 5.91 Å². The molecule has 2 heterocycles. The van der Waals surface area contributed by atoms with E-state index in [0.717, 1.165) is 19.5 Å². The third-order valence-corrected chi connectivity index (χ3v) is 2.71. The average Bonchev–Trinajstić information content (AvgIpc) is 2.74. The lowest BCUT2D eigenvalue weighted by molar-refractivity contribution is -0.119. The van der Waals surface area contributed by atoms with E-state index in [1.54, 1.807) is 6.20 Å². The zero-order chi connectivity index (χ0) is 10.7. The fourth-order valence-electron chi connectivity index (χ4n) is 1.48. The Morgan fingerprint density at radius 2 is 2.40 bits per heavy atom. The summed E-state index contributed by atoms with van der Waals surface area (Å²) in [5.41, 5.74) is 0. The number of rotatable bonds is 2. The highest BCUT2D eigenvalue weighted by Crippen LogP contribution is 2.11. The molecule has 0 bridgehead atoms. The second kappa shape index (κ2) is 4.67. The quantitative estimate of drug-likeness (QED) is 0.834. The molecule has 1 aliphatic heterocycles. The molecule has 80 valence electrons. The van der Waals surface area contributed by atoms with Gasteiger partial charge in [0.15, 0.2) is 5.82 Å². The Labute approximate surface area is 95.8 Å². The molecule has 2 N–H and O–H groups in total. The van der Waals surface area contributed by atoms with Crippen molar-refractivity contribution in [1.82, 2.24) is 15.3 Å². The summed E-state index contributed by atoms with van der Waals surface area (Å²) < 4.78 is 0.656. The predicted molar refractivity (Wildman–Crippen MR) is 59.3 cm³/mol. The number of carbonyl (C=O) groups is 1. The van der Waals surface area contributed by atoms with Crippen LogP contribution in [0.5, 0.6) is 0 Å². The van der Waals surface area contributed by atoms with E-state index in [-0.39, 0.29) is 11.8 Å². The van der Waals surface area contributed by atoms with Crippen molar-refractivity contribution in [2.24, 2.45) is 5.92 Å². The highest BCUT2D eigenvalue weighted by molar-refractivity contribution is 9.10. The van der Waals surface area contributed by atoms with Crippen LogP contribution in [0.15, 0.2) is 17.0 Å². The van der Waals surface area contributed by atoms with Crippen LogP contribution >= 0.6 is 15.9 Å². The van der Waals surface area contributed by atoms with Crippen molar-refractivity contribution in [3.8, 4) is 0 Å². The lowest BCUT2D eigenvalue weighted by Crippen LogP contribution is -2.25. The zero-order valence-corrected chi connectivity index (χ0v) is 9.62. The SMILES string of the molecule is O=C(Nc1cnc(Br)cn1)C1CCNC1. The van der Waals surface area contributed by atoms with E-state index in [9.17, 15) is 4.79 Å². The van der Waals surface area contributed by atoms with Crippen LogP contribution in [0.1, 0.15) is 6.42 Å². The molecule has 6 heteroatoms. The largest absolute Gasteiger partial charge is 0.316 e. The number of nitrogens with one attached hydrogen (secondary N) is 2. The summed E-state index contributed by atoms with van der Waals surface area (Å²) >= 11 is 3.18. The van der Waals surface area contributed by atoms with E-state index in [1.165, 1.54) is 6.20 Å². The molecule has 0 aromatic carbocycles. The number of carbonyl (C=O) groups excluding carboxylic acids is 1. The number of halogens is 1. The van der Waals surface area contributed by atoms with Crippen molar-refractivity contribution in [3.63, 3.8) is 0 Å². The minimum absolute atomic E-state index is 0.0108. The van der Waals surface area contributed by atoms with Crippen molar-refractivity contribution in [1.29, 1.82) is 0 Å². The van der Waals surface area contributed by atoms with Crippen LogP contribution in [-0.4, -0.2) is 29.0 Å². The van der Waals surface area contributed by atoms with Gasteiger partial charge in [0.1, 0.15) is 4.60 Å². The van der Waals surface area contributed by atoms with Crippen molar-refractivity contribution in [2.75, 3.05) is 18.4 Å². The maximum atomic E-state index is 11.7. The molecule has 1 amide bonds. The van der Waals surface area contributed by atoms with Crippen LogP contribution in [0, 0.1) is 5.92 Å². The molecular formula is C9H11BrN4O. The van der Waals surface area contributed by atoms with Crippen molar-refractivity contribution < 1.29 is 4.79 Å². The smallest absolute Gasteiger partial charge is 0.230 e. The first kappa shape index (κ1) is 10.5. The van der Waals surface area contributed by atoms with Gasteiger partial charge < -0.3 is 10.6 Å². The van der Waals surface area contributed by atoms with Crippen molar-refractivity contribution in [3.05, 3.63) is 17.0 Å². The van der Waals surface area contributed by atoms with Crippen LogP contribution in [0.3, 0.4) is 0 Å². The first-order chi connectivity index (χ1) is 7.25. The fraction of sp³-hybridized carbons (Fsp3) is 0.444. The van der Waals surface area contributed by atoms with E-state index in [1.807, 2.05) is 0 Å². The van der Waals surface area contributed by atoms with Crippen molar-refractivity contribution >= 4 is 27.7 Å². The van der Waals surface area contributed by atoms with Gasteiger partial charge in [0, 0.05) is 6.54 Å². The Kier molecular flexibility index (Phi) is 3.27. The third-order valence-electron chi connectivity index (χ3n) is 2.30. The molecule has 5 nitrogen and oxygen atoms in total. The van der Waals surface area contributed by atoms with E-state index in [0.29, 0.717) is 10.4 Å². The molecule has 1 fully saturated rings. The van der Waals surface area contributed by atoms with Gasteiger partial charge >= 0.3 is 0 Å². The number of nitrogens with zero attached hydrogens (tertiary/aromatic N) is 2. The Morgan fingerprint density at radius 1 is 1.53 bits per heavy atom. The Bertz CT molecular complexity index is 348. The fourth-order valence-corrected chi connectivity index (χ4v) is 1.69. The first-order valence-electron chi connectivity index (χ1n) is 4.75. The summed E-state index contributed by atoms with van der Waals surface area (Å²) in [4.78, 5) is 19.7. The molecule has 1 aromatic rings. The number of amides is 1. The van der Waals surface area contributed by atoms with Crippen LogP contribution in [-0.2, 0) is 4.79 Å². The second-order valence-corrected chi connectivity index (χ2v) is 4.22. The lowest BCUT2D eigenvalue weighted by atomic mass is 10.1. The van der Waals surface area contributed by atoms with Crippen LogP contribution in [0.25, 0.3) is 0 Å². The first-order valence-corrected chi connectivity index (χ1v) is 5.54. The van der Waals surface area contributed by atoms with Gasteiger partial charge in [-0.1, -0.05) is 0 Å². The van der Waals surface area contributed by atoms with Crippen LogP contribution in [0.2, 0.25) is 0 Å². The van der Waals surface area contributed by atoms with Gasteiger partial charge in [0.05, 0.1) is 18.3 Å². The van der Waals surface area contributed by atoms with Gasteiger partial charge in [-0.2, -0.15) is 0 Å². The van der Waals surface area contributed by atoms with Gasteiger partial charge in [-0.25, -0.2) is 9.97 Å². The molecule has 0 radical (unpaired) electrons. The Balaban J connectivity index is 1.96. The Morgan fingerprint density at radius 3 is 3.00 bits per heavy atom. The summed E-state index contributed by atoms with van der Waals surface area (Å²) in [5.74, 6) is 0.558. The molecule has 2 rings (SSSR count). The lowest BCUT2D eigenvalue weighted by Gasteiger charge is -2.08. The number of hydrogen-bond donors (Lipinski definition) is 2. The minimum Gasteiger partial charge on any atom is -0.316 e. The predicted octanol–water partition coefficient (Wildman–Crippen LogP) is 0.787. The molecule has 1 atom stereocenters. The van der Waals surface area contributed by atoms with E-state index >= 15 is 0 Å². The topological polar surface area (TPSA) is 66.9 Å².